The zero-order valence-corrected chi connectivity index (χ0v) is 14.0. The Morgan fingerprint density at radius 1 is 1.52 bits per heavy atom. The number of carbonyl (C=O) groups is 1. The van der Waals surface area contributed by atoms with E-state index < -0.39 is 15.2 Å². The summed E-state index contributed by atoms with van der Waals surface area (Å²) >= 11 is 7.61. The van der Waals surface area contributed by atoms with Crippen LogP contribution in [0.15, 0.2) is 18.2 Å². The molecule has 1 aliphatic rings. The minimum Gasteiger partial charge on any atom is -0.398 e. The van der Waals surface area contributed by atoms with E-state index in [1.807, 2.05) is 0 Å². The largest absolute Gasteiger partial charge is 0.398 e. The minimum atomic E-state index is -3.34. The second kappa shape index (κ2) is 6.46. The van der Waals surface area contributed by atoms with Crippen molar-refractivity contribution in [2.75, 3.05) is 29.5 Å². The van der Waals surface area contributed by atoms with E-state index in [0.717, 1.165) is 0 Å². The molecule has 1 unspecified atom stereocenters. The van der Waals surface area contributed by atoms with Crippen LogP contribution in [0.4, 0.5) is 5.69 Å². The molecule has 0 aliphatic carbocycles. The first-order valence-electron chi connectivity index (χ1n) is 6.52. The van der Waals surface area contributed by atoms with Gasteiger partial charge in [0, 0.05) is 23.8 Å². The Hall–Kier alpha value is -0.920. The van der Waals surface area contributed by atoms with E-state index in [2.05, 4.69) is 0 Å². The first-order chi connectivity index (χ1) is 9.88. The van der Waals surface area contributed by atoms with Gasteiger partial charge in [-0.25, -0.2) is 8.42 Å². The standard InChI is InChI=1S/C13H17ClN2O3S2/c1-2-21(18,19)11-8-20-7-6-16(11)13(17)9-4-3-5-10(15)12(9)14/h3-5,11H,2,6-8,15H2,1H3. The van der Waals surface area contributed by atoms with Gasteiger partial charge in [-0.05, 0) is 12.1 Å². The van der Waals surface area contributed by atoms with Crippen molar-refractivity contribution in [2.24, 2.45) is 0 Å². The Morgan fingerprint density at radius 2 is 2.24 bits per heavy atom. The van der Waals surface area contributed by atoms with Crippen LogP contribution in [0.5, 0.6) is 0 Å². The number of nitrogens with two attached hydrogens (primary N) is 1. The number of hydrogen-bond donors (Lipinski definition) is 1. The van der Waals surface area contributed by atoms with Crippen molar-refractivity contribution in [1.82, 2.24) is 4.90 Å². The molecule has 1 aromatic rings. The van der Waals surface area contributed by atoms with Gasteiger partial charge in [-0.15, -0.1) is 0 Å². The van der Waals surface area contributed by atoms with Crippen LogP contribution in [0.1, 0.15) is 17.3 Å². The number of halogens is 1. The maximum absolute atomic E-state index is 12.7. The molecule has 1 atom stereocenters. The van der Waals surface area contributed by atoms with Crippen LogP contribution >= 0.6 is 23.4 Å². The highest BCUT2D eigenvalue weighted by Gasteiger charge is 2.36. The molecule has 0 spiro atoms. The number of rotatable bonds is 3. The number of hydrogen-bond acceptors (Lipinski definition) is 5. The zero-order valence-electron chi connectivity index (χ0n) is 11.6. The highest BCUT2D eigenvalue weighted by Crippen LogP contribution is 2.28. The van der Waals surface area contributed by atoms with Crippen molar-refractivity contribution >= 4 is 44.8 Å². The average molecular weight is 349 g/mol. The van der Waals surface area contributed by atoms with Crippen LogP contribution in [0.25, 0.3) is 0 Å². The second-order valence-electron chi connectivity index (χ2n) is 4.69. The molecule has 1 amide bonds. The van der Waals surface area contributed by atoms with Gasteiger partial charge < -0.3 is 10.6 Å². The number of nitrogen functional groups attached to an aromatic ring is 1. The molecule has 1 heterocycles. The molecular formula is C13H17ClN2O3S2. The lowest BCUT2D eigenvalue weighted by Crippen LogP contribution is -2.50. The van der Waals surface area contributed by atoms with Crippen molar-refractivity contribution < 1.29 is 13.2 Å². The lowest BCUT2D eigenvalue weighted by atomic mass is 10.1. The van der Waals surface area contributed by atoms with E-state index in [1.165, 1.54) is 16.7 Å². The third-order valence-electron chi connectivity index (χ3n) is 3.42. The topological polar surface area (TPSA) is 80.5 Å². The monoisotopic (exact) mass is 348 g/mol. The lowest BCUT2D eigenvalue weighted by molar-refractivity contribution is 0.0749. The van der Waals surface area contributed by atoms with Crippen molar-refractivity contribution in [3.05, 3.63) is 28.8 Å². The van der Waals surface area contributed by atoms with Crippen molar-refractivity contribution in [3.8, 4) is 0 Å². The van der Waals surface area contributed by atoms with Gasteiger partial charge in [0.2, 0.25) is 0 Å². The van der Waals surface area contributed by atoms with E-state index >= 15 is 0 Å². The molecule has 5 nitrogen and oxygen atoms in total. The fourth-order valence-corrected chi connectivity index (χ4v) is 5.35. The van der Waals surface area contributed by atoms with E-state index in [1.54, 1.807) is 25.1 Å². The Bertz CT molecular complexity index is 649. The predicted octanol–water partition coefficient (Wildman–Crippen LogP) is 1.87. The number of benzene rings is 1. The van der Waals surface area contributed by atoms with Gasteiger partial charge in [-0.3, -0.25) is 4.79 Å². The molecule has 2 N–H and O–H groups in total. The molecule has 1 aliphatic heterocycles. The molecule has 0 bridgehead atoms. The summed E-state index contributed by atoms with van der Waals surface area (Å²) in [7, 11) is -3.34. The summed E-state index contributed by atoms with van der Waals surface area (Å²) in [5.41, 5.74) is 6.27. The summed E-state index contributed by atoms with van der Waals surface area (Å²) < 4.78 is 24.4. The van der Waals surface area contributed by atoms with Gasteiger partial charge in [-0.1, -0.05) is 24.6 Å². The van der Waals surface area contributed by atoms with E-state index in [9.17, 15) is 13.2 Å². The summed E-state index contributed by atoms with van der Waals surface area (Å²) in [6.07, 6.45) is 0. The molecule has 8 heteroatoms. The molecular weight excluding hydrogens is 332 g/mol. The number of carbonyl (C=O) groups excluding carboxylic acids is 1. The SMILES string of the molecule is CCS(=O)(=O)C1CSCCN1C(=O)c1cccc(N)c1Cl. The number of nitrogens with zero attached hydrogens (tertiary/aromatic N) is 1. The van der Waals surface area contributed by atoms with Crippen LogP contribution in [-0.2, 0) is 9.84 Å². The van der Waals surface area contributed by atoms with Crippen LogP contribution in [0, 0.1) is 0 Å². The van der Waals surface area contributed by atoms with Crippen LogP contribution in [-0.4, -0.2) is 48.4 Å². The van der Waals surface area contributed by atoms with Gasteiger partial charge in [0.05, 0.1) is 16.3 Å². The number of sulfone groups is 1. The van der Waals surface area contributed by atoms with E-state index in [4.69, 9.17) is 17.3 Å². The number of anilines is 1. The molecule has 0 saturated carbocycles. The summed E-state index contributed by atoms with van der Waals surface area (Å²) in [6.45, 7) is 1.98. The van der Waals surface area contributed by atoms with Gasteiger partial charge in [0.25, 0.3) is 5.91 Å². The molecule has 1 aromatic carbocycles. The first kappa shape index (κ1) is 16.5. The maximum Gasteiger partial charge on any atom is 0.256 e. The maximum atomic E-state index is 12.7. The Morgan fingerprint density at radius 3 is 2.90 bits per heavy atom. The van der Waals surface area contributed by atoms with Crippen LogP contribution < -0.4 is 5.73 Å². The number of amides is 1. The summed E-state index contributed by atoms with van der Waals surface area (Å²) in [5, 5.41) is -0.625. The van der Waals surface area contributed by atoms with E-state index in [-0.39, 0.29) is 22.2 Å². The minimum absolute atomic E-state index is 0.00661. The molecule has 1 saturated heterocycles. The van der Waals surface area contributed by atoms with Crippen molar-refractivity contribution in [2.45, 2.75) is 12.3 Å². The first-order valence-corrected chi connectivity index (χ1v) is 9.77. The lowest BCUT2D eigenvalue weighted by Gasteiger charge is -2.35. The fourth-order valence-electron chi connectivity index (χ4n) is 2.17. The third kappa shape index (κ3) is 3.30. The zero-order chi connectivity index (χ0) is 15.6. The molecule has 1 fully saturated rings. The van der Waals surface area contributed by atoms with Gasteiger partial charge in [-0.2, -0.15) is 11.8 Å². The average Bonchev–Trinajstić information content (AvgIpc) is 2.49. The molecule has 2 rings (SSSR count). The van der Waals surface area contributed by atoms with Gasteiger partial charge >= 0.3 is 0 Å². The Labute approximate surface area is 133 Å². The second-order valence-corrected chi connectivity index (χ2v) is 8.66. The quantitative estimate of drug-likeness (QED) is 0.843. The summed E-state index contributed by atoms with van der Waals surface area (Å²) in [6, 6.07) is 4.81. The third-order valence-corrected chi connectivity index (χ3v) is 7.13. The fraction of sp³-hybridized carbons (Fsp3) is 0.462. The van der Waals surface area contributed by atoms with Crippen LogP contribution in [0.2, 0.25) is 5.02 Å². The molecule has 0 radical (unpaired) electrons. The van der Waals surface area contributed by atoms with Crippen LogP contribution in [0.3, 0.4) is 0 Å². The predicted molar refractivity (Wildman–Crippen MR) is 87.5 cm³/mol. The normalized spacial score (nSPS) is 19.5. The van der Waals surface area contributed by atoms with E-state index in [0.29, 0.717) is 23.7 Å². The molecule has 21 heavy (non-hydrogen) atoms. The molecule has 0 aromatic heterocycles. The summed E-state index contributed by atoms with van der Waals surface area (Å²) in [4.78, 5) is 14.1. The molecule has 116 valence electrons. The van der Waals surface area contributed by atoms with Gasteiger partial charge in [0.15, 0.2) is 9.84 Å². The number of thioether (sulfide) groups is 1. The smallest absolute Gasteiger partial charge is 0.256 e. The Kier molecular flexibility index (Phi) is 5.06. The van der Waals surface area contributed by atoms with Gasteiger partial charge in [0.1, 0.15) is 5.37 Å². The van der Waals surface area contributed by atoms with Crippen molar-refractivity contribution in [3.63, 3.8) is 0 Å². The Balaban J connectivity index is 2.38. The van der Waals surface area contributed by atoms with Crippen molar-refractivity contribution in [1.29, 1.82) is 0 Å². The summed E-state index contributed by atoms with van der Waals surface area (Å²) in [5.74, 6) is 0.727. The highest BCUT2D eigenvalue weighted by molar-refractivity contribution is 8.01. The highest BCUT2D eigenvalue weighted by atomic mass is 35.5.